The highest BCUT2D eigenvalue weighted by atomic mass is 32.1. The van der Waals surface area contributed by atoms with Crippen molar-refractivity contribution >= 4 is 17.2 Å². The minimum atomic E-state index is -0.142. The lowest BCUT2D eigenvalue weighted by molar-refractivity contribution is 0.0695. The molecule has 1 aromatic rings. The van der Waals surface area contributed by atoms with Gasteiger partial charge in [-0.25, -0.2) is 0 Å². The van der Waals surface area contributed by atoms with Crippen LogP contribution in [0.4, 0.5) is 0 Å². The zero-order valence-electron chi connectivity index (χ0n) is 12.4. The summed E-state index contributed by atoms with van der Waals surface area (Å²) in [4.78, 5) is 16.6. The minimum Gasteiger partial charge on any atom is -0.384 e. The maximum atomic E-state index is 12.8. The van der Waals surface area contributed by atoms with E-state index in [0.717, 1.165) is 40.6 Å². The van der Waals surface area contributed by atoms with E-state index in [0.29, 0.717) is 6.04 Å². The van der Waals surface area contributed by atoms with Crippen molar-refractivity contribution in [2.75, 3.05) is 13.2 Å². The van der Waals surface area contributed by atoms with Gasteiger partial charge in [-0.15, -0.1) is 11.3 Å². The van der Waals surface area contributed by atoms with Gasteiger partial charge < -0.3 is 10.0 Å². The van der Waals surface area contributed by atoms with Crippen LogP contribution in [-0.4, -0.2) is 35.1 Å². The Bertz CT molecular complexity index is 596. The van der Waals surface area contributed by atoms with E-state index in [4.69, 9.17) is 5.11 Å². The lowest BCUT2D eigenvalue weighted by Gasteiger charge is -2.31. The van der Waals surface area contributed by atoms with Crippen LogP contribution in [-0.2, 0) is 0 Å². The number of aryl methyl sites for hydroxylation is 1. The molecular formula is C17H21NO2S. The summed E-state index contributed by atoms with van der Waals surface area (Å²) in [6, 6.07) is 2.41. The van der Waals surface area contributed by atoms with E-state index in [-0.39, 0.29) is 12.5 Å². The van der Waals surface area contributed by atoms with Crippen molar-refractivity contribution in [2.45, 2.75) is 45.1 Å². The van der Waals surface area contributed by atoms with E-state index < -0.39 is 0 Å². The van der Waals surface area contributed by atoms with E-state index in [9.17, 15) is 4.79 Å². The molecule has 1 saturated heterocycles. The van der Waals surface area contributed by atoms with Gasteiger partial charge >= 0.3 is 0 Å². The first kappa shape index (κ1) is 14.6. The largest absolute Gasteiger partial charge is 0.384 e. The third-order valence-electron chi connectivity index (χ3n) is 4.68. The molecule has 0 radical (unpaired) electrons. The normalized spacial score (nSPS) is 24.4. The van der Waals surface area contributed by atoms with Crippen LogP contribution in [0.15, 0.2) is 6.07 Å². The molecule has 2 heterocycles. The van der Waals surface area contributed by atoms with Gasteiger partial charge in [0, 0.05) is 12.6 Å². The summed E-state index contributed by atoms with van der Waals surface area (Å²) in [6.07, 6.45) is 6.19. The van der Waals surface area contributed by atoms with Gasteiger partial charge in [0.05, 0.1) is 9.75 Å². The Morgan fingerprint density at radius 2 is 2.24 bits per heavy atom. The summed E-state index contributed by atoms with van der Waals surface area (Å²) in [5.41, 5.74) is 1.03. The van der Waals surface area contributed by atoms with Crippen molar-refractivity contribution in [2.24, 2.45) is 5.92 Å². The number of aliphatic hydroxyl groups excluding tert-OH is 1. The Labute approximate surface area is 130 Å². The van der Waals surface area contributed by atoms with Crippen LogP contribution >= 0.6 is 11.3 Å². The van der Waals surface area contributed by atoms with E-state index >= 15 is 0 Å². The van der Waals surface area contributed by atoms with E-state index in [2.05, 4.69) is 16.7 Å². The fourth-order valence-electron chi connectivity index (χ4n) is 3.63. The molecule has 2 atom stereocenters. The Kier molecular flexibility index (Phi) is 4.32. The molecule has 21 heavy (non-hydrogen) atoms. The maximum Gasteiger partial charge on any atom is 0.264 e. The second kappa shape index (κ2) is 6.21. The summed E-state index contributed by atoms with van der Waals surface area (Å²) in [5.74, 6) is 6.49. The van der Waals surface area contributed by atoms with E-state index in [1.807, 2.05) is 13.0 Å². The van der Waals surface area contributed by atoms with Crippen molar-refractivity contribution in [3.63, 3.8) is 0 Å². The van der Waals surface area contributed by atoms with Gasteiger partial charge in [-0.2, -0.15) is 0 Å². The Morgan fingerprint density at radius 3 is 3.05 bits per heavy atom. The summed E-state index contributed by atoms with van der Waals surface area (Å²) < 4.78 is 0. The molecule has 4 heteroatoms. The van der Waals surface area contributed by atoms with Gasteiger partial charge in [0.1, 0.15) is 6.61 Å². The molecule has 0 bridgehead atoms. The number of hydrogen-bond donors (Lipinski definition) is 1. The number of amides is 1. The molecule has 2 fully saturated rings. The van der Waals surface area contributed by atoms with Crippen molar-refractivity contribution < 1.29 is 9.90 Å². The smallest absolute Gasteiger partial charge is 0.264 e. The van der Waals surface area contributed by atoms with Crippen LogP contribution in [0.3, 0.4) is 0 Å². The number of thiophene rings is 1. The quantitative estimate of drug-likeness (QED) is 0.811. The molecule has 3 rings (SSSR count). The molecule has 1 amide bonds. The molecule has 1 aromatic heterocycles. The standard InChI is InChI=1S/C17H21NO2S/c1-12-11-16(21-15(12)7-4-10-19)17(20)18-9-8-13-5-2-3-6-14(13)18/h11,13-14,19H,2-3,5-6,8-10H2,1H3. The van der Waals surface area contributed by atoms with Crippen molar-refractivity contribution in [3.05, 3.63) is 21.4 Å². The number of carbonyl (C=O) groups excluding carboxylic acids is 1. The Morgan fingerprint density at radius 1 is 1.43 bits per heavy atom. The fraction of sp³-hybridized carbons (Fsp3) is 0.588. The predicted molar refractivity (Wildman–Crippen MR) is 84.4 cm³/mol. The molecule has 0 aromatic carbocycles. The second-order valence-corrected chi connectivity index (χ2v) is 7.03. The molecule has 2 unspecified atom stereocenters. The first-order chi connectivity index (χ1) is 10.2. The third-order valence-corrected chi connectivity index (χ3v) is 5.82. The monoisotopic (exact) mass is 303 g/mol. The zero-order valence-corrected chi connectivity index (χ0v) is 13.2. The summed E-state index contributed by atoms with van der Waals surface area (Å²) in [6.45, 7) is 2.74. The third kappa shape index (κ3) is 2.86. The molecule has 2 aliphatic rings. The highest BCUT2D eigenvalue weighted by Gasteiger charge is 2.38. The van der Waals surface area contributed by atoms with Crippen LogP contribution in [0.2, 0.25) is 0 Å². The SMILES string of the molecule is Cc1cc(C(=O)N2CCC3CCCCC32)sc1C#CCO. The van der Waals surface area contributed by atoms with Gasteiger partial charge in [0.15, 0.2) is 0 Å². The topological polar surface area (TPSA) is 40.5 Å². The predicted octanol–water partition coefficient (Wildman–Crippen LogP) is 2.81. The molecule has 3 nitrogen and oxygen atoms in total. The molecule has 1 N–H and O–H groups in total. The van der Waals surface area contributed by atoms with E-state index in [1.54, 1.807) is 0 Å². The number of nitrogens with zero attached hydrogens (tertiary/aromatic N) is 1. The van der Waals surface area contributed by atoms with Crippen molar-refractivity contribution in [1.29, 1.82) is 0 Å². The van der Waals surface area contributed by atoms with Crippen LogP contribution in [0.1, 0.15) is 52.2 Å². The highest BCUT2D eigenvalue weighted by molar-refractivity contribution is 7.14. The van der Waals surface area contributed by atoms with Gasteiger partial charge in [-0.3, -0.25) is 4.79 Å². The zero-order chi connectivity index (χ0) is 14.8. The van der Waals surface area contributed by atoms with Crippen LogP contribution in [0, 0.1) is 24.7 Å². The second-order valence-electron chi connectivity index (χ2n) is 5.98. The van der Waals surface area contributed by atoms with Gasteiger partial charge in [-0.1, -0.05) is 24.7 Å². The van der Waals surface area contributed by atoms with Crippen LogP contribution in [0.25, 0.3) is 0 Å². The maximum absolute atomic E-state index is 12.8. The van der Waals surface area contributed by atoms with Crippen LogP contribution < -0.4 is 0 Å². The molecule has 0 spiro atoms. The minimum absolute atomic E-state index is 0.142. The molecule has 112 valence electrons. The summed E-state index contributed by atoms with van der Waals surface area (Å²) >= 11 is 1.46. The lowest BCUT2D eigenvalue weighted by atomic mass is 9.85. The number of aliphatic hydroxyl groups is 1. The van der Waals surface area contributed by atoms with Crippen molar-refractivity contribution in [3.8, 4) is 11.8 Å². The molecule has 1 aliphatic carbocycles. The number of likely N-dealkylation sites (tertiary alicyclic amines) is 1. The number of carbonyl (C=O) groups is 1. The first-order valence-electron chi connectivity index (χ1n) is 7.72. The lowest BCUT2D eigenvalue weighted by Crippen LogP contribution is -2.38. The summed E-state index contributed by atoms with van der Waals surface area (Å²) in [7, 11) is 0. The van der Waals surface area contributed by atoms with Gasteiger partial charge in [-0.05, 0) is 43.7 Å². The molecular weight excluding hydrogens is 282 g/mol. The first-order valence-corrected chi connectivity index (χ1v) is 8.53. The van der Waals surface area contributed by atoms with Gasteiger partial charge in [0.2, 0.25) is 0 Å². The number of fused-ring (bicyclic) bond motifs is 1. The highest BCUT2D eigenvalue weighted by Crippen LogP contribution is 2.37. The molecule has 1 saturated carbocycles. The average Bonchev–Trinajstić information content (AvgIpc) is 3.08. The Balaban J connectivity index is 1.79. The number of hydrogen-bond acceptors (Lipinski definition) is 3. The van der Waals surface area contributed by atoms with Crippen LogP contribution in [0.5, 0.6) is 0 Å². The van der Waals surface area contributed by atoms with E-state index in [1.165, 1.54) is 30.6 Å². The summed E-state index contributed by atoms with van der Waals surface area (Å²) in [5, 5.41) is 8.79. The van der Waals surface area contributed by atoms with Crippen molar-refractivity contribution in [1.82, 2.24) is 4.90 Å². The number of rotatable bonds is 1. The Hall–Kier alpha value is -1.31. The fourth-order valence-corrected chi connectivity index (χ4v) is 4.63. The average molecular weight is 303 g/mol. The van der Waals surface area contributed by atoms with Gasteiger partial charge in [0.25, 0.3) is 5.91 Å². The molecule has 1 aliphatic heterocycles.